The summed E-state index contributed by atoms with van der Waals surface area (Å²) < 4.78 is 0. The predicted molar refractivity (Wildman–Crippen MR) is 120 cm³/mol. The summed E-state index contributed by atoms with van der Waals surface area (Å²) >= 11 is 0. The second kappa shape index (κ2) is 8.75. The second-order valence-electron chi connectivity index (χ2n) is 7.40. The van der Waals surface area contributed by atoms with Crippen molar-refractivity contribution in [3.05, 3.63) is 102 Å². The van der Waals surface area contributed by atoms with Crippen LogP contribution >= 0.6 is 0 Å². The molecule has 0 aliphatic heterocycles. The quantitative estimate of drug-likeness (QED) is 0.299. The Morgan fingerprint density at radius 3 is 2.43 bits per heavy atom. The summed E-state index contributed by atoms with van der Waals surface area (Å²) in [4.78, 5) is 24.0. The van der Waals surface area contributed by atoms with E-state index in [1.54, 1.807) is 6.07 Å². The van der Waals surface area contributed by atoms with Crippen molar-refractivity contribution < 1.29 is 14.7 Å². The highest BCUT2D eigenvalue weighted by Crippen LogP contribution is 2.30. The average molecular weight is 394 g/mol. The van der Waals surface area contributed by atoms with Crippen LogP contribution in [0.4, 0.5) is 0 Å². The number of hydrogen-bond donors (Lipinski definition) is 1. The molecule has 4 rings (SSSR count). The molecule has 30 heavy (non-hydrogen) atoms. The lowest BCUT2D eigenvalue weighted by Crippen LogP contribution is -2.00. The van der Waals surface area contributed by atoms with Crippen LogP contribution in [0, 0.1) is 0 Å². The number of benzene rings is 4. The van der Waals surface area contributed by atoms with Gasteiger partial charge in [-0.3, -0.25) is 9.59 Å². The Bertz CT molecular complexity index is 1210. The normalized spacial score (nSPS) is 10.8. The van der Waals surface area contributed by atoms with Gasteiger partial charge in [-0.1, -0.05) is 66.7 Å². The zero-order valence-electron chi connectivity index (χ0n) is 16.5. The number of phenolic OH excluding ortho intramolecular Hbond substituents is 1. The Hall–Kier alpha value is -3.72. The molecule has 0 amide bonds. The lowest BCUT2D eigenvalue weighted by molar-refractivity contribution is 0.0980. The van der Waals surface area contributed by atoms with E-state index in [-0.39, 0.29) is 11.5 Å². The molecule has 0 fully saturated rings. The molecular formula is C27H22O3. The molecule has 0 radical (unpaired) electrons. The van der Waals surface area contributed by atoms with E-state index in [2.05, 4.69) is 12.1 Å². The molecule has 0 unspecified atom stereocenters. The summed E-state index contributed by atoms with van der Waals surface area (Å²) in [5, 5.41) is 11.4. The number of aromatic hydroxyl groups is 1. The SMILES string of the molecule is O=Cc1c(O)ccc2cc(-c3cccc(C(=O)CCCc4ccccc4)c3)ccc12. The Morgan fingerprint density at radius 2 is 1.63 bits per heavy atom. The van der Waals surface area contributed by atoms with Gasteiger partial charge in [0.05, 0.1) is 5.56 Å². The minimum atomic E-state index is -0.0200. The molecule has 0 aliphatic rings. The van der Waals surface area contributed by atoms with Gasteiger partial charge in [-0.05, 0) is 58.5 Å². The molecule has 0 atom stereocenters. The Labute approximate surface area is 175 Å². The Morgan fingerprint density at radius 1 is 0.833 bits per heavy atom. The van der Waals surface area contributed by atoms with Crippen LogP contribution in [0.3, 0.4) is 0 Å². The molecule has 148 valence electrons. The van der Waals surface area contributed by atoms with Gasteiger partial charge in [0.1, 0.15) is 5.75 Å². The van der Waals surface area contributed by atoms with Crippen molar-refractivity contribution in [3.63, 3.8) is 0 Å². The molecule has 0 heterocycles. The molecule has 0 saturated heterocycles. The number of carbonyl (C=O) groups is 2. The lowest BCUT2D eigenvalue weighted by Gasteiger charge is -2.09. The maximum absolute atomic E-state index is 12.7. The van der Waals surface area contributed by atoms with E-state index < -0.39 is 0 Å². The number of phenols is 1. The molecule has 0 aromatic heterocycles. The third-order valence-electron chi connectivity index (χ3n) is 5.39. The Balaban J connectivity index is 1.53. The van der Waals surface area contributed by atoms with E-state index in [0.29, 0.717) is 29.2 Å². The van der Waals surface area contributed by atoms with Crippen molar-refractivity contribution in [3.8, 4) is 16.9 Å². The summed E-state index contributed by atoms with van der Waals surface area (Å²) in [5.41, 5.74) is 4.16. The van der Waals surface area contributed by atoms with Crippen LogP contribution in [0.2, 0.25) is 0 Å². The number of fused-ring (bicyclic) bond motifs is 1. The highest BCUT2D eigenvalue weighted by Gasteiger charge is 2.10. The largest absolute Gasteiger partial charge is 0.507 e. The minimum Gasteiger partial charge on any atom is -0.507 e. The molecule has 4 aromatic carbocycles. The van der Waals surface area contributed by atoms with Gasteiger partial charge < -0.3 is 5.11 Å². The average Bonchev–Trinajstić information content (AvgIpc) is 2.79. The summed E-state index contributed by atoms with van der Waals surface area (Å²) in [6, 6.07) is 26.9. The van der Waals surface area contributed by atoms with E-state index in [4.69, 9.17) is 0 Å². The molecule has 3 nitrogen and oxygen atoms in total. The van der Waals surface area contributed by atoms with Crippen LogP contribution in [0.25, 0.3) is 21.9 Å². The molecule has 0 aliphatic carbocycles. The van der Waals surface area contributed by atoms with Crippen LogP contribution in [0.5, 0.6) is 5.75 Å². The highest BCUT2D eigenvalue weighted by molar-refractivity contribution is 6.02. The Kier molecular flexibility index (Phi) is 5.71. The zero-order valence-corrected chi connectivity index (χ0v) is 16.5. The fourth-order valence-corrected chi connectivity index (χ4v) is 3.76. The van der Waals surface area contributed by atoms with E-state index >= 15 is 0 Å². The van der Waals surface area contributed by atoms with Crippen molar-refractivity contribution in [1.82, 2.24) is 0 Å². The van der Waals surface area contributed by atoms with Crippen LogP contribution in [0.1, 0.15) is 39.1 Å². The molecule has 0 saturated carbocycles. The number of aryl methyl sites for hydroxylation is 1. The first-order valence-electron chi connectivity index (χ1n) is 10.0. The van der Waals surface area contributed by atoms with Crippen molar-refractivity contribution in [2.75, 3.05) is 0 Å². The van der Waals surface area contributed by atoms with Crippen LogP contribution in [0.15, 0.2) is 84.9 Å². The van der Waals surface area contributed by atoms with Crippen LogP contribution < -0.4 is 0 Å². The number of ketones is 1. The summed E-state index contributed by atoms with van der Waals surface area (Å²) in [5.74, 6) is 0.120. The zero-order chi connectivity index (χ0) is 20.9. The third-order valence-corrected chi connectivity index (χ3v) is 5.39. The maximum Gasteiger partial charge on any atom is 0.162 e. The fourth-order valence-electron chi connectivity index (χ4n) is 3.76. The first-order chi connectivity index (χ1) is 14.7. The third kappa shape index (κ3) is 4.15. The van der Waals surface area contributed by atoms with Gasteiger partial charge in [0.25, 0.3) is 0 Å². The molecule has 1 N–H and O–H groups in total. The smallest absolute Gasteiger partial charge is 0.162 e. The van der Waals surface area contributed by atoms with Crippen molar-refractivity contribution in [2.24, 2.45) is 0 Å². The van der Waals surface area contributed by atoms with E-state index in [1.807, 2.05) is 60.7 Å². The molecular weight excluding hydrogens is 372 g/mol. The van der Waals surface area contributed by atoms with Crippen molar-refractivity contribution in [1.29, 1.82) is 0 Å². The number of carbonyl (C=O) groups excluding carboxylic acids is 2. The lowest BCUT2D eigenvalue weighted by atomic mass is 9.96. The van der Waals surface area contributed by atoms with Gasteiger partial charge in [0.2, 0.25) is 0 Å². The maximum atomic E-state index is 12.7. The van der Waals surface area contributed by atoms with Gasteiger partial charge in [0, 0.05) is 12.0 Å². The van der Waals surface area contributed by atoms with Gasteiger partial charge in [0.15, 0.2) is 12.1 Å². The van der Waals surface area contributed by atoms with E-state index in [1.165, 1.54) is 11.6 Å². The number of hydrogen-bond acceptors (Lipinski definition) is 3. The first kappa shape index (κ1) is 19.6. The van der Waals surface area contributed by atoms with E-state index in [9.17, 15) is 14.7 Å². The topological polar surface area (TPSA) is 54.4 Å². The molecule has 4 aromatic rings. The second-order valence-corrected chi connectivity index (χ2v) is 7.40. The van der Waals surface area contributed by atoms with Gasteiger partial charge in [-0.2, -0.15) is 0 Å². The summed E-state index contributed by atoms with van der Waals surface area (Å²) in [6.45, 7) is 0. The molecule has 0 bridgehead atoms. The van der Waals surface area contributed by atoms with Crippen LogP contribution in [-0.2, 0) is 6.42 Å². The first-order valence-corrected chi connectivity index (χ1v) is 10.0. The minimum absolute atomic E-state index is 0.0200. The number of aldehydes is 1. The fraction of sp³-hybridized carbons (Fsp3) is 0.111. The molecule has 0 spiro atoms. The van der Waals surface area contributed by atoms with Crippen molar-refractivity contribution >= 4 is 22.8 Å². The molecule has 3 heteroatoms. The number of Topliss-reactive ketones (excluding diaryl/α,β-unsaturated/α-hetero) is 1. The van der Waals surface area contributed by atoms with E-state index in [0.717, 1.165) is 29.4 Å². The number of rotatable bonds is 7. The van der Waals surface area contributed by atoms with Gasteiger partial charge in [-0.25, -0.2) is 0 Å². The monoisotopic (exact) mass is 394 g/mol. The summed E-state index contributed by atoms with van der Waals surface area (Å²) in [6.07, 6.45) is 2.90. The predicted octanol–water partition coefficient (Wildman–Crippen LogP) is 6.23. The van der Waals surface area contributed by atoms with Crippen molar-refractivity contribution in [2.45, 2.75) is 19.3 Å². The van der Waals surface area contributed by atoms with Crippen LogP contribution in [-0.4, -0.2) is 17.2 Å². The summed E-state index contributed by atoms with van der Waals surface area (Å²) in [7, 11) is 0. The van der Waals surface area contributed by atoms with Gasteiger partial charge >= 0.3 is 0 Å². The highest BCUT2D eigenvalue weighted by atomic mass is 16.3. The standard InChI is InChI=1S/C27H22O3/c28-18-25-24-14-12-21(16-22(24)13-15-27(25)30)20-9-5-10-23(17-20)26(29)11-4-8-19-6-2-1-3-7-19/h1-3,5-7,9-10,12-18,30H,4,8,11H2. The van der Waals surface area contributed by atoms with Gasteiger partial charge in [-0.15, -0.1) is 0 Å².